The van der Waals surface area contributed by atoms with Gasteiger partial charge in [-0.05, 0) is 36.2 Å². The van der Waals surface area contributed by atoms with Crippen molar-refractivity contribution in [3.8, 4) is 11.1 Å². The van der Waals surface area contributed by atoms with Crippen LogP contribution in [0.25, 0.3) is 43.1 Å². The van der Waals surface area contributed by atoms with Crippen LogP contribution < -0.4 is 5.56 Å². The van der Waals surface area contributed by atoms with Crippen molar-refractivity contribution in [3.63, 3.8) is 0 Å². The lowest BCUT2D eigenvalue weighted by Gasteiger charge is -2.03. The van der Waals surface area contributed by atoms with Gasteiger partial charge in [-0.3, -0.25) is 4.79 Å². The molecule has 0 saturated carbocycles. The third kappa shape index (κ3) is 3.18. The number of benzene rings is 3. The predicted octanol–water partition coefficient (Wildman–Crippen LogP) is 6.14. The summed E-state index contributed by atoms with van der Waals surface area (Å²) in [5, 5.41) is 9.46. The van der Waals surface area contributed by atoms with Crippen LogP contribution in [0.4, 0.5) is 0 Å². The van der Waals surface area contributed by atoms with Gasteiger partial charge in [-0.1, -0.05) is 54.6 Å². The molecular formula is C27H20N4OS. The SMILES string of the molecule is CCn1c2ccccc2c2cc(/C=N/n3cnc4scc(-c5ccccc5)c4c3=O)ccc21. The zero-order chi connectivity index (χ0) is 22.4. The Balaban J connectivity index is 1.44. The van der Waals surface area contributed by atoms with Crippen LogP contribution in [0.1, 0.15) is 12.5 Å². The molecule has 6 rings (SSSR count). The fourth-order valence-corrected chi connectivity index (χ4v) is 5.36. The topological polar surface area (TPSA) is 52.2 Å². The van der Waals surface area contributed by atoms with Gasteiger partial charge in [0.2, 0.25) is 0 Å². The molecule has 0 unspecified atom stereocenters. The van der Waals surface area contributed by atoms with Crippen molar-refractivity contribution in [2.75, 3.05) is 0 Å². The van der Waals surface area contributed by atoms with Gasteiger partial charge in [0.15, 0.2) is 0 Å². The predicted molar refractivity (Wildman–Crippen MR) is 137 cm³/mol. The Hall–Kier alpha value is -4.03. The zero-order valence-corrected chi connectivity index (χ0v) is 18.8. The number of fused-ring (bicyclic) bond motifs is 4. The Labute approximate surface area is 193 Å². The van der Waals surface area contributed by atoms with E-state index in [0.717, 1.165) is 28.1 Å². The highest BCUT2D eigenvalue weighted by Crippen LogP contribution is 2.31. The molecule has 160 valence electrons. The highest BCUT2D eigenvalue weighted by Gasteiger charge is 2.13. The van der Waals surface area contributed by atoms with Gasteiger partial charge in [0.1, 0.15) is 11.2 Å². The van der Waals surface area contributed by atoms with Gasteiger partial charge in [0.05, 0.1) is 11.6 Å². The molecule has 0 amide bonds. The van der Waals surface area contributed by atoms with E-state index < -0.39 is 0 Å². The van der Waals surface area contributed by atoms with Crippen LogP contribution in [-0.4, -0.2) is 20.4 Å². The molecule has 0 fully saturated rings. The van der Waals surface area contributed by atoms with Crippen molar-refractivity contribution in [1.82, 2.24) is 14.2 Å². The minimum atomic E-state index is -0.167. The molecule has 5 nitrogen and oxygen atoms in total. The van der Waals surface area contributed by atoms with E-state index in [1.54, 1.807) is 6.21 Å². The second-order valence-corrected chi connectivity index (χ2v) is 8.73. The first kappa shape index (κ1) is 19.6. The van der Waals surface area contributed by atoms with Gasteiger partial charge in [0, 0.05) is 39.3 Å². The molecule has 0 bridgehead atoms. The van der Waals surface area contributed by atoms with Crippen LogP contribution >= 0.6 is 11.3 Å². The highest BCUT2D eigenvalue weighted by atomic mass is 32.1. The molecule has 0 radical (unpaired) electrons. The minimum Gasteiger partial charge on any atom is -0.341 e. The summed E-state index contributed by atoms with van der Waals surface area (Å²) < 4.78 is 3.64. The first-order chi connectivity index (χ1) is 16.2. The van der Waals surface area contributed by atoms with Gasteiger partial charge in [-0.2, -0.15) is 9.78 Å². The summed E-state index contributed by atoms with van der Waals surface area (Å²) in [7, 11) is 0. The minimum absolute atomic E-state index is 0.167. The third-order valence-corrected chi connectivity index (χ3v) is 6.89. The summed E-state index contributed by atoms with van der Waals surface area (Å²) in [6.07, 6.45) is 3.22. The smallest absolute Gasteiger partial charge is 0.283 e. The van der Waals surface area contributed by atoms with Gasteiger partial charge < -0.3 is 4.57 Å². The average molecular weight is 449 g/mol. The van der Waals surface area contributed by atoms with Crippen molar-refractivity contribution in [2.24, 2.45) is 5.10 Å². The van der Waals surface area contributed by atoms with E-state index in [-0.39, 0.29) is 5.56 Å². The molecule has 33 heavy (non-hydrogen) atoms. The molecule has 3 aromatic heterocycles. The summed E-state index contributed by atoms with van der Waals surface area (Å²) in [5.41, 5.74) is 5.08. The lowest BCUT2D eigenvalue weighted by Crippen LogP contribution is -2.16. The molecule has 6 aromatic rings. The maximum atomic E-state index is 13.2. The lowest BCUT2D eigenvalue weighted by molar-refractivity contribution is 0.819. The van der Waals surface area contributed by atoms with Crippen LogP contribution in [0.2, 0.25) is 0 Å². The van der Waals surface area contributed by atoms with Gasteiger partial charge >= 0.3 is 0 Å². The van der Waals surface area contributed by atoms with E-state index in [2.05, 4.69) is 58.0 Å². The first-order valence-electron chi connectivity index (χ1n) is 10.8. The molecular weight excluding hydrogens is 428 g/mol. The van der Waals surface area contributed by atoms with Gasteiger partial charge in [-0.15, -0.1) is 11.3 Å². The van der Waals surface area contributed by atoms with Crippen molar-refractivity contribution in [1.29, 1.82) is 0 Å². The molecule has 0 aliphatic rings. The fraction of sp³-hybridized carbons (Fsp3) is 0.0741. The van der Waals surface area contributed by atoms with Crippen LogP contribution in [0.3, 0.4) is 0 Å². The molecule has 6 heteroatoms. The zero-order valence-electron chi connectivity index (χ0n) is 18.0. The van der Waals surface area contributed by atoms with Gasteiger partial charge in [-0.25, -0.2) is 4.98 Å². The summed E-state index contributed by atoms with van der Waals surface area (Å²) in [6, 6.07) is 24.6. The standard InChI is InChI=1S/C27H20N4OS/c1-2-30-23-11-7-6-10-20(23)21-14-18(12-13-24(21)30)15-29-31-17-28-26-25(27(31)32)22(16-33-26)19-8-4-3-5-9-19/h3-17H,2H2,1H3/b29-15+. The van der Waals surface area contributed by atoms with Crippen molar-refractivity contribution in [2.45, 2.75) is 13.5 Å². The maximum Gasteiger partial charge on any atom is 0.283 e. The molecule has 0 aliphatic carbocycles. The average Bonchev–Trinajstić information content (AvgIpc) is 3.44. The van der Waals surface area contributed by atoms with E-state index in [1.165, 1.54) is 44.1 Å². The Morgan fingerprint density at radius 2 is 1.76 bits per heavy atom. The molecule has 0 atom stereocenters. The van der Waals surface area contributed by atoms with Gasteiger partial charge in [0.25, 0.3) is 5.56 Å². The Morgan fingerprint density at radius 3 is 2.61 bits per heavy atom. The van der Waals surface area contributed by atoms with Crippen molar-refractivity contribution < 1.29 is 0 Å². The molecule has 3 heterocycles. The Kier molecular flexibility index (Phi) is 4.66. The molecule has 0 aliphatic heterocycles. The largest absolute Gasteiger partial charge is 0.341 e. The second kappa shape index (κ2) is 7.83. The van der Waals surface area contributed by atoms with E-state index in [0.29, 0.717) is 5.39 Å². The summed E-state index contributed by atoms with van der Waals surface area (Å²) in [4.78, 5) is 18.4. The van der Waals surface area contributed by atoms with Crippen LogP contribution in [-0.2, 0) is 6.54 Å². The number of thiophene rings is 1. The Bertz CT molecular complexity index is 1720. The van der Waals surface area contributed by atoms with E-state index in [4.69, 9.17) is 0 Å². The number of rotatable bonds is 4. The van der Waals surface area contributed by atoms with E-state index in [1.807, 2.05) is 41.8 Å². The first-order valence-corrected chi connectivity index (χ1v) is 11.7. The number of para-hydroxylation sites is 1. The number of nitrogens with zero attached hydrogens (tertiary/aromatic N) is 4. The molecule has 3 aromatic carbocycles. The van der Waals surface area contributed by atoms with Crippen molar-refractivity contribution in [3.05, 3.63) is 100 Å². The highest BCUT2D eigenvalue weighted by molar-refractivity contribution is 7.17. The monoisotopic (exact) mass is 448 g/mol. The second-order valence-electron chi connectivity index (χ2n) is 7.87. The Morgan fingerprint density at radius 1 is 0.970 bits per heavy atom. The van der Waals surface area contributed by atoms with E-state index >= 15 is 0 Å². The quantitative estimate of drug-likeness (QED) is 0.304. The molecule has 0 spiro atoms. The number of hydrogen-bond acceptors (Lipinski definition) is 4. The summed E-state index contributed by atoms with van der Waals surface area (Å²) >= 11 is 1.47. The lowest BCUT2D eigenvalue weighted by atomic mass is 10.1. The normalized spacial score (nSPS) is 11.9. The number of aryl methyl sites for hydroxylation is 1. The van der Waals surface area contributed by atoms with Crippen molar-refractivity contribution >= 4 is 49.6 Å². The van der Waals surface area contributed by atoms with Crippen LogP contribution in [0.15, 0.2) is 94.4 Å². The molecule has 0 N–H and O–H groups in total. The summed E-state index contributed by atoms with van der Waals surface area (Å²) in [5.74, 6) is 0. The maximum absolute atomic E-state index is 13.2. The van der Waals surface area contributed by atoms with Crippen LogP contribution in [0, 0.1) is 0 Å². The summed E-state index contributed by atoms with van der Waals surface area (Å²) in [6.45, 7) is 3.06. The fourth-order valence-electron chi connectivity index (χ4n) is 4.46. The van der Waals surface area contributed by atoms with E-state index in [9.17, 15) is 4.79 Å². The van der Waals surface area contributed by atoms with Crippen LogP contribution in [0.5, 0.6) is 0 Å². The third-order valence-electron chi connectivity index (χ3n) is 6.01. The number of hydrogen-bond donors (Lipinski definition) is 0. The number of aromatic nitrogens is 3. The molecule has 0 saturated heterocycles.